The Labute approximate surface area is 92.1 Å². The Bertz CT molecular complexity index is 284. The van der Waals surface area contributed by atoms with Gasteiger partial charge in [0.15, 0.2) is 0 Å². The second-order valence-electron chi connectivity index (χ2n) is 4.61. The fourth-order valence-electron chi connectivity index (χ4n) is 2.37. The lowest BCUT2D eigenvalue weighted by Crippen LogP contribution is -2.36. The Hall–Kier alpha value is -0.890. The lowest BCUT2D eigenvalue weighted by molar-refractivity contribution is 0.279. The first-order chi connectivity index (χ1) is 7.36. The Morgan fingerprint density at radius 1 is 1.40 bits per heavy atom. The highest BCUT2D eigenvalue weighted by Gasteiger charge is 2.20. The molecular weight excluding hydrogens is 184 g/mol. The van der Waals surface area contributed by atoms with E-state index in [1.807, 2.05) is 18.5 Å². The summed E-state index contributed by atoms with van der Waals surface area (Å²) in [6, 6.07) is 4.84. The Balaban J connectivity index is 1.82. The van der Waals surface area contributed by atoms with Crippen molar-refractivity contribution in [3.63, 3.8) is 0 Å². The van der Waals surface area contributed by atoms with Crippen molar-refractivity contribution in [1.29, 1.82) is 0 Å². The van der Waals surface area contributed by atoms with Crippen LogP contribution in [0.1, 0.15) is 38.2 Å². The van der Waals surface area contributed by atoms with E-state index in [9.17, 15) is 0 Å². The first-order valence-corrected chi connectivity index (χ1v) is 5.98. The zero-order valence-electron chi connectivity index (χ0n) is 9.45. The molecule has 1 aromatic heterocycles. The number of nitrogens with zero attached hydrogens (tertiary/aromatic N) is 1. The van der Waals surface area contributed by atoms with Crippen LogP contribution in [0.4, 0.5) is 0 Å². The zero-order valence-corrected chi connectivity index (χ0v) is 9.45. The molecule has 0 radical (unpaired) electrons. The summed E-state index contributed by atoms with van der Waals surface area (Å²) in [5, 5.41) is 3.65. The van der Waals surface area contributed by atoms with Crippen LogP contribution in [-0.2, 0) is 6.54 Å². The van der Waals surface area contributed by atoms with Gasteiger partial charge in [-0.1, -0.05) is 25.8 Å². The van der Waals surface area contributed by atoms with Gasteiger partial charge in [0, 0.05) is 25.0 Å². The topological polar surface area (TPSA) is 24.9 Å². The molecule has 2 rings (SSSR count). The van der Waals surface area contributed by atoms with Crippen LogP contribution in [0.25, 0.3) is 0 Å². The maximum Gasteiger partial charge on any atom is 0.0312 e. The SMILES string of the molecule is C[C@H]1CCCC[C@H]1NCc1cccnc1. The Kier molecular flexibility index (Phi) is 3.73. The predicted molar refractivity (Wildman–Crippen MR) is 62.5 cm³/mol. The van der Waals surface area contributed by atoms with Gasteiger partial charge in [0.25, 0.3) is 0 Å². The van der Waals surface area contributed by atoms with E-state index < -0.39 is 0 Å². The molecule has 15 heavy (non-hydrogen) atoms. The van der Waals surface area contributed by atoms with Crippen LogP contribution in [0.5, 0.6) is 0 Å². The van der Waals surface area contributed by atoms with Crippen LogP contribution >= 0.6 is 0 Å². The number of pyridine rings is 1. The lowest BCUT2D eigenvalue weighted by Gasteiger charge is -2.29. The summed E-state index contributed by atoms with van der Waals surface area (Å²) >= 11 is 0. The molecule has 2 atom stereocenters. The lowest BCUT2D eigenvalue weighted by atomic mass is 9.86. The van der Waals surface area contributed by atoms with E-state index >= 15 is 0 Å². The van der Waals surface area contributed by atoms with Gasteiger partial charge in [-0.05, 0) is 30.4 Å². The summed E-state index contributed by atoms with van der Waals surface area (Å²) in [6.07, 6.45) is 9.28. The van der Waals surface area contributed by atoms with Gasteiger partial charge in [0.1, 0.15) is 0 Å². The van der Waals surface area contributed by atoms with E-state index in [1.54, 1.807) is 0 Å². The molecule has 82 valence electrons. The first-order valence-electron chi connectivity index (χ1n) is 5.98. The fourth-order valence-corrected chi connectivity index (χ4v) is 2.37. The quantitative estimate of drug-likeness (QED) is 0.819. The zero-order chi connectivity index (χ0) is 10.5. The highest BCUT2D eigenvalue weighted by molar-refractivity contribution is 5.08. The largest absolute Gasteiger partial charge is 0.310 e. The molecule has 0 aliphatic heterocycles. The third-order valence-electron chi connectivity index (χ3n) is 3.40. The summed E-state index contributed by atoms with van der Waals surface area (Å²) < 4.78 is 0. The van der Waals surface area contributed by atoms with Crippen LogP contribution in [0, 0.1) is 5.92 Å². The Morgan fingerprint density at radius 3 is 3.00 bits per heavy atom. The molecule has 0 spiro atoms. The van der Waals surface area contributed by atoms with Crippen LogP contribution in [0.15, 0.2) is 24.5 Å². The minimum atomic E-state index is 0.707. The van der Waals surface area contributed by atoms with Gasteiger partial charge in [0.05, 0.1) is 0 Å². The monoisotopic (exact) mass is 204 g/mol. The number of aromatic nitrogens is 1. The molecule has 2 heteroatoms. The summed E-state index contributed by atoms with van der Waals surface area (Å²) in [5.74, 6) is 0.829. The van der Waals surface area contributed by atoms with Gasteiger partial charge in [-0.2, -0.15) is 0 Å². The normalized spacial score (nSPS) is 26.5. The van der Waals surface area contributed by atoms with E-state index in [0.29, 0.717) is 6.04 Å². The van der Waals surface area contributed by atoms with Crippen molar-refractivity contribution < 1.29 is 0 Å². The molecule has 1 heterocycles. The number of hydrogen-bond acceptors (Lipinski definition) is 2. The molecule has 2 nitrogen and oxygen atoms in total. The third kappa shape index (κ3) is 3.03. The van der Waals surface area contributed by atoms with Crippen molar-refractivity contribution in [2.45, 2.75) is 45.2 Å². The highest BCUT2D eigenvalue weighted by Crippen LogP contribution is 2.23. The molecule has 1 fully saturated rings. The minimum absolute atomic E-state index is 0.707. The molecule has 0 unspecified atom stereocenters. The molecule has 1 N–H and O–H groups in total. The predicted octanol–water partition coefficient (Wildman–Crippen LogP) is 2.75. The van der Waals surface area contributed by atoms with Crippen molar-refractivity contribution in [3.05, 3.63) is 30.1 Å². The molecule has 1 aliphatic carbocycles. The van der Waals surface area contributed by atoms with Crippen molar-refractivity contribution in [2.24, 2.45) is 5.92 Å². The summed E-state index contributed by atoms with van der Waals surface area (Å²) in [5.41, 5.74) is 1.29. The van der Waals surface area contributed by atoms with E-state index in [0.717, 1.165) is 12.5 Å². The number of hydrogen-bond donors (Lipinski definition) is 1. The molecular formula is C13H20N2. The van der Waals surface area contributed by atoms with Crippen molar-refractivity contribution in [3.8, 4) is 0 Å². The third-order valence-corrected chi connectivity index (χ3v) is 3.40. The van der Waals surface area contributed by atoms with E-state index in [-0.39, 0.29) is 0 Å². The summed E-state index contributed by atoms with van der Waals surface area (Å²) in [6.45, 7) is 3.32. The van der Waals surface area contributed by atoms with E-state index in [4.69, 9.17) is 0 Å². The van der Waals surface area contributed by atoms with Crippen LogP contribution in [0.3, 0.4) is 0 Å². The van der Waals surface area contributed by atoms with Crippen molar-refractivity contribution in [2.75, 3.05) is 0 Å². The Morgan fingerprint density at radius 2 is 2.27 bits per heavy atom. The maximum atomic E-state index is 4.13. The number of nitrogens with one attached hydrogen (secondary N) is 1. The van der Waals surface area contributed by atoms with E-state index in [2.05, 4.69) is 23.3 Å². The van der Waals surface area contributed by atoms with Crippen LogP contribution in [-0.4, -0.2) is 11.0 Å². The standard InChI is InChI=1S/C13H20N2/c1-11-5-2-3-7-13(11)15-10-12-6-4-8-14-9-12/h4,6,8-9,11,13,15H,2-3,5,7,10H2,1H3/t11-,13+/m0/s1. The highest BCUT2D eigenvalue weighted by atomic mass is 14.9. The van der Waals surface area contributed by atoms with Crippen molar-refractivity contribution >= 4 is 0 Å². The molecule has 0 amide bonds. The number of rotatable bonds is 3. The molecule has 0 bridgehead atoms. The minimum Gasteiger partial charge on any atom is -0.310 e. The van der Waals surface area contributed by atoms with Crippen LogP contribution < -0.4 is 5.32 Å². The molecule has 0 aromatic carbocycles. The average Bonchev–Trinajstić information content (AvgIpc) is 2.29. The van der Waals surface area contributed by atoms with Gasteiger partial charge in [-0.15, -0.1) is 0 Å². The maximum absolute atomic E-state index is 4.13. The first kappa shape index (κ1) is 10.6. The molecule has 1 aliphatic rings. The second-order valence-corrected chi connectivity index (χ2v) is 4.61. The summed E-state index contributed by atoms with van der Waals surface area (Å²) in [4.78, 5) is 4.13. The molecule has 0 saturated heterocycles. The van der Waals surface area contributed by atoms with E-state index in [1.165, 1.54) is 31.2 Å². The van der Waals surface area contributed by atoms with Gasteiger partial charge in [0.2, 0.25) is 0 Å². The average molecular weight is 204 g/mol. The summed E-state index contributed by atoms with van der Waals surface area (Å²) in [7, 11) is 0. The van der Waals surface area contributed by atoms with Gasteiger partial charge in [-0.3, -0.25) is 4.98 Å². The fraction of sp³-hybridized carbons (Fsp3) is 0.615. The van der Waals surface area contributed by atoms with Crippen LogP contribution in [0.2, 0.25) is 0 Å². The smallest absolute Gasteiger partial charge is 0.0312 e. The van der Waals surface area contributed by atoms with Gasteiger partial charge >= 0.3 is 0 Å². The second kappa shape index (κ2) is 5.26. The molecule has 1 saturated carbocycles. The van der Waals surface area contributed by atoms with Gasteiger partial charge in [-0.25, -0.2) is 0 Å². The van der Waals surface area contributed by atoms with Gasteiger partial charge < -0.3 is 5.32 Å². The van der Waals surface area contributed by atoms with Crippen molar-refractivity contribution in [1.82, 2.24) is 10.3 Å². The molecule has 1 aromatic rings.